The third-order valence-corrected chi connectivity index (χ3v) is 3.72. The Labute approximate surface area is 161 Å². The van der Waals surface area contributed by atoms with Gasteiger partial charge < -0.3 is 21.9 Å². The third-order valence-electron chi connectivity index (χ3n) is 3.72. The van der Waals surface area contributed by atoms with E-state index in [1.54, 1.807) is 0 Å². The van der Waals surface area contributed by atoms with Crippen molar-refractivity contribution in [2.45, 2.75) is 13.1 Å². The molecule has 6 nitrogen and oxygen atoms in total. The summed E-state index contributed by atoms with van der Waals surface area (Å²) in [5.74, 6) is -4.44. The largest absolute Gasteiger partial charge is 0.507 e. The van der Waals surface area contributed by atoms with Crippen molar-refractivity contribution >= 4 is 11.7 Å². The number of phenols is 1. The molecule has 0 unspecified atom stereocenters. The number of allylic oxidation sites excluding steroid dienone is 2. The van der Waals surface area contributed by atoms with Crippen molar-refractivity contribution in [2.75, 3.05) is 5.73 Å². The highest BCUT2D eigenvalue weighted by Crippen LogP contribution is 2.30. The van der Waals surface area contributed by atoms with E-state index in [0.29, 0.717) is 6.07 Å². The van der Waals surface area contributed by atoms with Crippen LogP contribution in [0.25, 0.3) is 11.3 Å². The van der Waals surface area contributed by atoms with E-state index in [4.69, 9.17) is 11.5 Å². The normalized spacial score (nSPS) is 12.3. The highest BCUT2D eigenvalue weighted by Gasteiger charge is 2.35. The van der Waals surface area contributed by atoms with Gasteiger partial charge in [-0.1, -0.05) is 6.58 Å². The molecule has 1 amide bonds. The van der Waals surface area contributed by atoms with Gasteiger partial charge in [-0.15, -0.1) is 0 Å². The first-order valence-corrected chi connectivity index (χ1v) is 7.82. The average Bonchev–Trinajstić information content (AvgIpc) is 2.61. The maximum atomic E-state index is 14.5. The molecule has 0 aliphatic heterocycles. The lowest BCUT2D eigenvalue weighted by atomic mass is 10.0. The van der Waals surface area contributed by atoms with Crippen LogP contribution in [0.4, 0.5) is 27.8 Å². The second-order valence-corrected chi connectivity index (χ2v) is 5.93. The van der Waals surface area contributed by atoms with Crippen molar-refractivity contribution in [2.24, 2.45) is 5.73 Å². The summed E-state index contributed by atoms with van der Waals surface area (Å²) in [6, 6.07) is 3.41. The first-order valence-electron chi connectivity index (χ1n) is 7.82. The number of alkyl halides is 3. The maximum absolute atomic E-state index is 14.5. The van der Waals surface area contributed by atoms with E-state index in [-0.39, 0.29) is 16.8 Å². The van der Waals surface area contributed by atoms with E-state index in [1.807, 2.05) is 5.32 Å². The molecule has 0 fully saturated rings. The average molecular weight is 414 g/mol. The van der Waals surface area contributed by atoms with Crippen molar-refractivity contribution in [3.05, 3.63) is 65.0 Å². The van der Waals surface area contributed by atoms with Crippen molar-refractivity contribution < 1.29 is 31.9 Å². The molecule has 1 aromatic heterocycles. The van der Waals surface area contributed by atoms with E-state index >= 15 is 0 Å². The Morgan fingerprint density at radius 2 is 1.83 bits per heavy atom. The molecule has 6 N–H and O–H groups in total. The standard InChI is InChI=1S/C18H15F5N4O2/c1-7(2)14(15(24)18(21,22)23)27-17(29)9-5-11(20)8(6-13(9)28)12-4-3-10(19)16(25)26-12/h3-6,28H,1,24H2,2H3,(H2,25,26)(H,27,29)/b15-14+. The number of hydrogen-bond donors (Lipinski definition) is 4. The van der Waals surface area contributed by atoms with Crippen LogP contribution in [0.1, 0.15) is 17.3 Å². The van der Waals surface area contributed by atoms with Gasteiger partial charge in [0.25, 0.3) is 5.91 Å². The molecule has 2 aromatic rings. The zero-order valence-corrected chi connectivity index (χ0v) is 14.9. The number of anilines is 1. The van der Waals surface area contributed by atoms with Crippen LogP contribution >= 0.6 is 0 Å². The molecule has 0 saturated carbocycles. The summed E-state index contributed by atoms with van der Waals surface area (Å²) >= 11 is 0. The number of benzene rings is 1. The number of nitrogens with zero attached hydrogens (tertiary/aromatic N) is 1. The lowest BCUT2D eigenvalue weighted by Crippen LogP contribution is -2.31. The van der Waals surface area contributed by atoms with Gasteiger partial charge in [0.1, 0.15) is 17.3 Å². The molecule has 0 atom stereocenters. The monoisotopic (exact) mass is 414 g/mol. The Kier molecular flexibility index (Phi) is 5.81. The lowest BCUT2D eigenvalue weighted by Gasteiger charge is -2.16. The third kappa shape index (κ3) is 4.62. The number of nitrogen functional groups attached to an aromatic ring is 1. The molecule has 1 aromatic carbocycles. The number of carbonyl (C=O) groups excluding carboxylic acids is 1. The Balaban J connectivity index is 2.45. The van der Waals surface area contributed by atoms with Gasteiger partial charge in [0.15, 0.2) is 11.6 Å². The van der Waals surface area contributed by atoms with Crippen LogP contribution in [0.15, 0.2) is 47.8 Å². The Bertz CT molecular complexity index is 1030. The minimum atomic E-state index is -4.95. The fourth-order valence-electron chi connectivity index (χ4n) is 2.27. The summed E-state index contributed by atoms with van der Waals surface area (Å²) in [5, 5.41) is 11.9. The fraction of sp³-hybridized carbons (Fsp3) is 0.111. The SMILES string of the molecule is C=C(C)/C(NC(=O)c1cc(F)c(-c2ccc(F)c(N)n2)cc1O)=C(\N)C(F)(F)F. The number of amides is 1. The van der Waals surface area contributed by atoms with Crippen LogP contribution in [0.5, 0.6) is 5.75 Å². The predicted octanol–water partition coefficient (Wildman–Crippen LogP) is 3.35. The molecule has 1 heterocycles. The van der Waals surface area contributed by atoms with E-state index in [2.05, 4.69) is 11.6 Å². The zero-order valence-electron chi connectivity index (χ0n) is 14.9. The summed E-state index contributed by atoms with van der Waals surface area (Å²) < 4.78 is 66.2. The molecule has 29 heavy (non-hydrogen) atoms. The molecule has 0 bridgehead atoms. The fourth-order valence-corrected chi connectivity index (χ4v) is 2.27. The second kappa shape index (κ2) is 7.78. The van der Waals surface area contributed by atoms with Gasteiger partial charge in [0.05, 0.1) is 17.0 Å². The highest BCUT2D eigenvalue weighted by atomic mass is 19.4. The van der Waals surface area contributed by atoms with E-state index < -0.39 is 52.2 Å². The van der Waals surface area contributed by atoms with Crippen LogP contribution in [-0.4, -0.2) is 22.2 Å². The van der Waals surface area contributed by atoms with Crippen LogP contribution in [0, 0.1) is 11.6 Å². The predicted molar refractivity (Wildman–Crippen MR) is 95.2 cm³/mol. The van der Waals surface area contributed by atoms with E-state index in [0.717, 1.165) is 18.2 Å². The van der Waals surface area contributed by atoms with Gasteiger partial charge in [-0.05, 0) is 36.8 Å². The van der Waals surface area contributed by atoms with E-state index in [1.165, 1.54) is 6.92 Å². The number of nitrogens with two attached hydrogens (primary N) is 2. The summed E-state index contributed by atoms with van der Waals surface area (Å²) in [6.07, 6.45) is -4.95. The number of carbonyl (C=O) groups is 1. The summed E-state index contributed by atoms with van der Waals surface area (Å²) in [6.45, 7) is 4.47. The number of nitrogens with one attached hydrogen (secondary N) is 1. The molecule has 0 spiro atoms. The van der Waals surface area contributed by atoms with Gasteiger partial charge in [-0.25, -0.2) is 13.8 Å². The number of rotatable bonds is 4. The van der Waals surface area contributed by atoms with Crippen molar-refractivity contribution in [1.29, 1.82) is 0 Å². The second-order valence-electron chi connectivity index (χ2n) is 5.93. The van der Waals surface area contributed by atoms with Crippen LogP contribution in [-0.2, 0) is 0 Å². The van der Waals surface area contributed by atoms with Gasteiger partial charge in [-0.2, -0.15) is 13.2 Å². The van der Waals surface area contributed by atoms with Gasteiger partial charge in [0.2, 0.25) is 0 Å². The number of pyridine rings is 1. The molecule has 2 rings (SSSR count). The molecular formula is C18H15F5N4O2. The zero-order chi connectivity index (χ0) is 22.1. The van der Waals surface area contributed by atoms with Gasteiger partial charge >= 0.3 is 6.18 Å². The highest BCUT2D eigenvalue weighted by molar-refractivity contribution is 5.99. The van der Waals surface area contributed by atoms with Gasteiger partial charge in [-0.3, -0.25) is 4.79 Å². The number of phenolic OH excluding ortho intramolecular Hbond substituents is 1. The first kappa shape index (κ1) is 21.7. The molecule has 0 saturated heterocycles. The molecule has 11 heteroatoms. The minimum absolute atomic E-state index is 0.132. The van der Waals surface area contributed by atoms with E-state index in [9.17, 15) is 31.9 Å². The molecular weight excluding hydrogens is 399 g/mol. The van der Waals surface area contributed by atoms with Crippen molar-refractivity contribution in [1.82, 2.24) is 10.3 Å². The quantitative estimate of drug-likeness (QED) is 0.453. The number of hydrogen-bond acceptors (Lipinski definition) is 5. The maximum Gasteiger partial charge on any atom is 0.432 e. The van der Waals surface area contributed by atoms with Crippen LogP contribution in [0.2, 0.25) is 0 Å². The summed E-state index contributed by atoms with van der Waals surface area (Å²) in [5.41, 5.74) is 6.57. The first-order chi connectivity index (χ1) is 13.3. The number of halogens is 5. The van der Waals surface area contributed by atoms with Crippen molar-refractivity contribution in [3.63, 3.8) is 0 Å². The minimum Gasteiger partial charge on any atom is -0.507 e. The lowest BCUT2D eigenvalue weighted by molar-refractivity contribution is -0.0936. The summed E-state index contributed by atoms with van der Waals surface area (Å²) in [4.78, 5) is 15.9. The van der Waals surface area contributed by atoms with Crippen LogP contribution in [0.3, 0.4) is 0 Å². The topological polar surface area (TPSA) is 114 Å². The van der Waals surface area contributed by atoms with Gasteiger partial charge in [0, 0.05) is 5.56 Å². The molecule has 0 aliphatic rings. The Hall–Kier alpha value is -3.63. The molecule has 0 aliphatic carbocycles. The van der Waals surface area contributed by atoms with Crippen LogP contribution < -0.4 is 16.8 Å². The molecule has 154 valence electrons. The number of aromatic nitrogens is 1. The Morgan fingerprint density at radius 1 is 1.21 bits per heavy atom. The number of aromatic hydroxyl groups is 1. The molecule has 0 radical (unpaired) electrons. The van der Waals surface area contributed by atoms with Crippen molar-refractivity contribution in [3.8, 4) is 17.0 Å². The smallest absolute Gasteiger partial charge is 0.432 e. The summed E-state index contributed by atoms with van der Waals surface area (Å²) in [7, 11) is 0. The Morgan fingerprint density at radius 3 is 2.34 bits per heavy atom.